The highest BCUT2D eigenvalue weighted by atomic mass is 16.3. The third kappa shape index (κ3) is 2.23. The van der Waals surface area contributed by atoms with Crippen molar-refractivity contribution in [1.82, 2.24) is 29.1 Å². The number of hydrogen-bond donors (Lipinski definition) is 1. The number of benzene rings is 1. The quantitative estimate of drug-likeness (QED) is 0.547. The van der Waals surface area contributed by atoms with E-state index in [2.05, 4.69) is 25.4 Å². The molecule has 5 rings (SSSR count). The first-order valence-electron chi connectivity index (χ1n) is 7.69. The Hall–Kier alpha value is -3.68. The van der Waals surface area contributed by atoms with Gasteiger partial charge in [0.2, 0.25) is 0 Å². The van der Waals surface area contributed by atoms with Crippen molar-refractivity contribution >= 4 is 28.3 Å². The minimum absolute atomic E-state index is 0.663. The topological polar surface area (TPSA) is 86.1 Å². The molecule has 0 aliphatic rings. The van der Waals surface area contributed by atoms with Crippen molar-refractivity contribution in [3.63, 3.8) is 0 Å². The molecule has 0 atom stereocenters. The summed E-state index contributed by atoms with van der Waals surface area (Å²) < 4.78 is 9.10. The Balaban J connectivity index is 1.58. The standard InChI is InChI=1S/C17H13N7O/c1-23-9-11(7-21-23)14-8-19-17-16(18-4-5-24(14)17)22-12-2-3-13-15(6-12)25-10-20-13/h2-10H,1H3,(H,18,22). The van der Waals surface area contributed by atoms with Crippen molar-refractivity contribution < 1.29 is 4.42 Å². The van der Waals surface area contributed by atoms with Crippen LogP contribution in [0.5, 0.6) is 0 Å². The molecule has 8 nitrogen and oxygen atoms in total. The van der Waals surface area contributed by atoms with Gasteiger partial charge in [-0.25, -0.2) is 15.0 Å². The van der Waals surface area contributed by atoms with Gasteiger partial charge < -0.3 is 9.73 Å². The van der Waals surface area contributed by atoms with Crippen LogP contribution in [0.1, 0.15) is 0 Å². The molecule has 4 heterocycles. The highest BCUT2D eigenvalue weighted by Crippen LogP contribution is 2.26. The van der Waals surface area contributed by atoms with E-state index >= 15 is 0 Å². The van der Waals surface area contributed by atoms with E-state index in [1.54, 1.807) is 10.9 Å². The van der Waals surface area contributed by atoms with Gasteiger partial charge >= 0.3 is 0 Å². The van der Waals surface area contributed by atoms with Crippen LogP contribution in [-0.2, 0) is 7.05 Å². The summed E-state index contributed by atoms with van der Waals surface area (Å²) in [5, 5.41) is 7.52. The Kier molecular flexibility index (Phi) is 2.84. The number of aryl methyl sites for hydroxylation is 1. The van der Waals surface area contributed by atoms with E-state index in [1.807, 2.05) is 54.4 Å². The molecular weight excluding hydrogens is 318 g/mol. The van der Waals surface area contributed by atoms with Crippen LogP contribution in [0.3, 0.4) is 0 Å². The molecule has 5 aromatic rings. The third-order valence-corrected chi connectivity index (χ3v) is 4.02. The number of rotatable bonds is 3. The summed E-state index contributed by atoms with van der Waals surface area (Å²) in [6.07, 6.45) is 10.6. The zero-order valence-corrected chi connectivity index (χ0v) is 13.3. The van der Waals surface area contributed by atoms with Gasteiger partial charge in [0.15, 0.2) is 23.4 Å². The predicted octanol–water partition coefficient (Wildman–Crippen LogP) is 3.01. The summed E-state index contributed by atoms with van der Waals surface area (Å²) in [5.41, 5.74) is 5.08. The number of oxazole rings is 1. The van der Waals surface area contributed by atoms with Crippen LogP contribution in [0, 0.1) is 0 Å². The molecule has 25 heavy (non-hydrogen) atoms. The van der Waals surface area contributed by atoms with E-state index < -0.39 is 0 Å². The fraction of sp³-hybridized carbons (Fsp3) is 0.0588. The molecule has 0 aliphatic heterocycles. The molecule has 0 amide bonds. The summed E-state index contributed by atoms with van der Waals surface area (Å²) in [6.45, 7) is 0. The molecule has 0 bridgehead atoms. The van der Waals surface area contributed by atoms with Gasteiger partial charge in [0, 0.05) is 43.0 Å². The van der Waals surface area contributed by atoms with Gasteiger partial charge in [-0.2, -0.15) is 5.10 Å². The number of nitrogens with one attached hydrogen (secondary N) is 1. The van der Waals surface area contributed by atoms with Crippen molar-refractivity contribution in [2.75, 3.05) is 5.32 Å². The number of imidazole rings is 1. The van der Waals surface area contributed by atoms with Gasteiger partial charge in [-0.05, 0) is 12.1 Å². The van der Waals surface area contributed by atoms with Crippen molar-refractivity contribution in [1.29, 1.82) is 0 Å². The number of fused-ring (bicyclic) bond motifs is 2. The number of aromatic nitrogens is 6. The number of anilines is 2. The van der Waals surface area contributed by atoms with E-state index in [4.69, 9.17) is 4.42 Å². The van der Waals surface area contributed by atoms with E-state index in [1.165, 1.54) is 6.39 Å². The van der Waals surface area contributed by atoms with Crippen LogP contribution >= 0.6 is 0 Å². The minimum Gasteiger partial charge on any atom is -0.443 e. The molecule has 0 unspecified atom stereocenters. The molecule has 8 heteroatoms. The van der Waals surface area contributed by atoms with Crippen LogP contribution in [0.4, 0.5) is 11.5 Å². The van der Waals surface area contributed by atoms with E-state index in [-0.39, 0.29) is 0 Å². The molecule has 0 saturated heterocycles. The molecular formula is C17H13N7O. The zero-order chi connectivity index (χ0) is 16.8. The first-order valence-corrected chi connectivity index (χ1v) is 7.69. The Morgan fingerprint density at radius 1 is 1.12 bits per heavy atom. The van der Waals surface area contributed by atoms with Gasteiger partial charge in [-0.3, -0.25) is 9.08 Å². The summed E-state index contributed by atoms with van der Waals surface area (Å²) >= 11 is 0. The van der Waals surface area contributed by atoms with Crippen LogP contribution in [-0.4, -0.2) is 29.1 Å². The Morgan fingerprint density at radius 3 is 2.96 bits per heavy atom. The van der Waals surface area contributed by atoms with Crippen molar-refractivity contribution in [2.45, 2.75) is 0 Å². The van der Waals surface area contributed by atoms with Gasteiger partial charge in [0.25, 0.3) is 0 Å². The van der Waals surface area contributed by atoms with E-state index in [9.17, 15) is 0 Å². The van der Waals surface area contributed by atoms with Gasteiger partial charge in [0.1, 0.15) is 5.52 Å². The molecule has 0 spiro atoms. The second-order valence-electron chi connectivity index (χ2n) is 5.68. The maximum Gasteiger partial charge on any atom is 0.181 e. The lowest BCUT2D eigenvalue weighted by Gasteiger charge is -2.07. The molecule has 1 aromatic carbocycles. The summed E-state index contributed by atoms with van der Waals surface area (Å²) in [6, 6.07) is 5.72. The molecule has 0 aliphatic carbocycles. The van der Waals surface area contributed by atoms with Gasteiger partial charge in [-0.1, -0.05) is 0 Å². The molecule has 0 saturated carbocycles. The number of hydrogen-bond acceptors (Lipinski definition) is 6. The zero-order valence-electron chi connectivity index (χ0n) is 13.3. The monoisotopic (exact) mass is 331 g/mol. The smallest absolute Gasteiger partial charge is 0.181 e. The van der Waals surface area contributed by atoms with Gasteiger partial charge in [-0.15, -0.1) is 0 Å². The SMILES string of the molecule is Cn1cc(-c2cnc3c(Nc4ccc5ncoc5c4)nccn23)cn1. The van der Waals surface area contributed by atoms with Crippen LogP contribution in [0.25, 0.3) is 28.0 Å². The van der Waals surface area contributed by atoms with Crippen molar-refractivity contribution in [3.05, 3.63) is 55.6 Å². The lowest BCUT2D eigenvalue weighted by molar-refractivity contribution is 0.602. The van der Waals surface area contributed by atoms with Crippen molar-refractivity contribution in [3.8, 4) is 11.3 Å². The Morgan fingerprint density at radius 2 is 2.08 bits per heavy atom. The normalized spacial score (nSPS) is 11.4. The summed E-state index contributed by atoms with van der Waals surface area (Å²) in [7, 11) is 1.89. The number of nitrogens with zero attached hydrogens (tertiary/aromatic N) is 6. The maximum absolute atomic E-state index is 5.35. The maximum atomic E-state index is 5.35. The van der Waals surface area contributed by atoms with Crippen LogP contribution in [0.2, 0.25) is 0 Å². The Labute approximate surface area is 141 Å². The van der Waals surface area contributed by atoms with Crippen LogP contribution < -0.4 is 5.32 Å². The second-order valence-corrected chi connectivity index (χ2v) is 5.68. The van der Waals surface area contributed by atoms with E-state index in [0.29, 0.717) is 5.82 Å². The first kappa shape index (κ1) is 13.7. The Bertz CT molecular complexity index is 1200. The average Bonchev–Trinajstić information content (AvgIpc) is 3.33. The second kappa shape index (κ2) is 5.17. The minimum atomic E-state index is 0.663. The highest BCUT2D eigenvalue weighted by Gasteiger charge is 2.12. The molecule has 1 N–H and O–H groups in total. The average molecular weight is 331 g/mol. The summed E-state index contributed by atoms with van der Waals surface area (Å²) in [4.78, 5) is 13.1. The van der Waals surface area contributed by atoms with Gasteiger partial charge in [0.05, 0.1) is 18.1 Å². The van der Waals surface area contributed by atoms with E-state index in [0.717, 1.165) is 33.7 Å². The fourth-order valence-corrected chi connectivity index (χ4v) is 2.84. The van der Waals surface area contributed by atoms with Crippen molar-refractivity contribution in [2.24, 2.45) is 7.05 Å². The summed E-state index contributed by atoms with van der Waals surface area (Å²) in [5.74, 6) is 0.663. The third-order valence-electron chi connectivity index (χ3n) is 4.02. The first-order chi connectivity index (χ1) is 12.3. The lowest BCUT2D eigenvalue weighted by atomic mass is 10.3. The predicted molar refractivity (Wildman–Crippen MR) is 92.5 cm³/mol. The van der Waals surface area contributed by atoms with Crippen LogP contribution in [0.15, 0.2) is 60.0 Å². The highest BCUT2D eigenvalue weighted by molar-refractivity contribution is 5.80. The molecule has 0 radical (unpaired) electrons. The fourth-order valence-electron chi connectivity index (χ4n) is 2.84. The molecule has 4 aromatic heterocycles. The largest absolute Gasteiger partial charge is 0.443 e. The molecule has 122 valence electrons. The molecule has 0 fully saturated rings. The lowest BCUT2D eigenvalue weighted by Crippen LogP contribution is -1.98.